The second-order valence-corrected chi connectivity index (χ2v) is 6.43. The third kappa shape index (κ3) is 6.41. The molecule has 3 nitrogen and oxygen atoms in total. The van der Waals surface area contributed by atoms with Crippen LogP contribution in [0.15, 0.2) is 54.6 Å². The maximum Gasteiger partial charge on any atom is 0.390 e. The van der Waals surface area contributed by atoms with Crippen molar-refractivity contribution < 1.29 is 17.9 Å². The van der Waals surface area contributed by atoms with E-state index < -0.39 is 18.6 Å². The number of hydrogen-bond donors (Lipinski definition) is 1. The monoisotopic (exact) mass is 400 g/mol. The van der Waals surface area contributed by atoms with E-state index in [1.807, 2.05) is 35.2 Å². The summed E-state index contributed by atoms with van der Waals surface area (Å²) >= 11 is 0. The molecule has 1 fully saturated rings. The number of benzene rings is 2. The van der Waals surface area contributed by atoms with E-state index >= 15 is 0 Å². The van der Waals surface area contributed by atoms with Crippen molar-refractivity contribution in [3.05, 3.63) is 65.7 Å². The number of halogens is 4. The van der Waals surface area contributed by atoms with Crippen molar-refractivity contribution >= 4 is 12.4 Å². The fourth-order valence-corrected chi connectivity index (χ4v) is 3.27. The zero-order valence-corrected chi connectivity index (χ0v) is 15.7. The highest BCUT2D eigenvalue weighted by atomic mass is 35.5. The average Bonchev–Trinajstić information content (AvgIpc) is 2.66. The lowest BCUT2D eigenvalue weighted by Gasteiger charge is -2.36. The van der Waals surface area contributed by atoms with Crippen LogP contribution in [-0.4, -0.2) is 37.3 Å². The summed E-state index contributed by atoms with van der Waals surface area (Å²) in [6.45, 7) is 2.91. The molecule has 1 atom stereocenters. The highest BCUT2D eigenvalue weighted by Crippen LogP contribution is 2.38. The van der Waals surface area contributed by atoms with Gasteiger partial charge in [0.05, 0.1) is 6.42 Å². The first-order valence-electron chi connectivity index (χ1n) is 8.80. The van der Waals surface area contributed by atoms with Gasteiger partial charge in [-0.3, -0.25) is 4.90 Å². The summed E-state index contributed by atoms with van der Waals surface area (Å²) in [6, 6.07) is 16.0. The third-order valence-corrected chi connectivity index (χ3v) is 4.53. The van der Waals surface area contributed by atoms with Crippen LogP contribution in [-0.2, 0) is 6.61 Å². The molecular weight excluding hydrogens is 377 g/mol. The topological polar surface area (TPSA) is 24.5 Å². The number of piperazine rings is 1. The lowest BCUT2D eigenvalue weighted by Crippen LogP contribution is -2.46. The van der Waals surface area contributed by atoms with Crippen LogP contribution >= 0.6 is 12.4 Å². The molecule has 148 valence electrons. The lowest BCUT2D eigenvalue weighted by atomic mass is 9.99. The normalized spacial score (nSPS) is 16.4. The van der Waals surface area contributed by atoms with Crippen LogP contribution in [0, 0.1) is 0 Å². The van der Waals surface area contributed by atoms with E-state index in [1.165, 1.54) is 0 Å². The molecule has 1 aliphatic heterocycles. The molecule has 2 aromatic carbocycles. The number of rotatable bonds is 6. The standard InChI is InChI=1S/C20H23F3N2O.ClH/c21-20(22,23)14-18(25-12-10-24-11-13-25)17-8-4-5-9-19(17)26-15-16-6-2-1-3-7-16;/h1-9,18,24H,10-15H2;1H/t18-;/m0./s1. The van der Waals surface area contributed by atoms with Crippen LogP contribution in [0.25, 0.3) is 0 Å². The summed E-state index contributed by atoms with van der Waals surface area (Å²) in [4.78, 5) is 1.90. The van der Waals surface area contributed by atoms with Gasteiger partial charge in [0, 0.05) is 37.8 Å². The SMILES string of the molecule is Cl.FC(F)(F)C[C@@H](c1ccccc1OCc1ccccc1)N1CCNCC1. The molecular formula is C20H24ClF3N2O. The zero-order valence-electron chi connectivity index (χ0n) is 14.9. The van der Waals surface area contributed by atoms with E-state index in [1.54, 1.807) is 24.3 Å². The minimum absolute atomic E-state index is 0. The van der Waals surface area contributed by atoms with E-state index in [-0.39, 0.29) is 12.4 Å². The molecule has 27 heavy (non-hydrogen) atoms. The Labute approximate surface area is 163 Å². The zero-order chi connectivity index (χ0) is 18.4. The van der Waals surface area contributed by atoms with Gasteiger partial charge in [-0.25, -0.2) is 0 Å². The van der Waals surface area contributed by atoms with E-state index in [2.05, 4.69) is 5.32 Å². The van der Waals surface area contributed by atoms with Gasteiger partial charge in [0.25, 0.3) is 0 Å². The first-order valence-corrected chi connectivity index (χ1v) is 8.80. The quantitative estimate of drug-likeness (QED) is 0.767. The van der Waals surface area contributed by atoms with E-state index in [0.29, 0.717) is 44.1 Å². The number of ether oxygens (including phenoxy) is 1. The molecule has 0 saturated carbocycles. The Hall–Kier alpha value is -1.76. The van der Waals surface area contributed by atoms with Gasteiger partial charge in [0.1, 0.15) is 12.4 Å². The van der Waals surface area contributed by atoms with Crippen molar-refractivity contribution in [1.82, 2.24) is 10.2 Å². The largest absolute Gasteiger partial charge is 0.489 e. The highest BCUT2D eigenvalue weighted by molar-refractivity contribution is 5.85. The van der Waals surface area contributed by atoms with Crippen LogP contribution in [0.3, 0.4) is 0 Å². The summed E-state index contributed by atoms with van der Waals surface area (Å²) < 4.78 is 45.6. The molecule has 0 unspecified atom stereocenters. The fourth-order valence-electron chi connectivity index (χ4n) is 3.27. The Morgan fingerprint density at radius 3 is 2.26 bits per heavy atom. The van der Waals surface area contributed by atoms with Crippen molar-refractivity contribution in [2.45, 2.75) is 25.2 Å². The molecule has 7 heteroatoms. The Morgan fingerprint density at radius 2 is 1.59 bits per heavy atom. The van der Waals surface area contributed by atoms with E-state index in [9.17, 15) is 13.2 Å². The van der Waals surface area contributed by atoms with Gasteiger partial charge in [-0.05, 0) is 11.6 Å². The van der Waals surface area contributed by atoms with Crippen LogP contribution in [0.4, 0.5) is 13.2 Å². The molecule has 0 aromatic heterocycles. The number of nitrogens with one attached hydrogen (secondary N) is 1. The highest BCUT2D eigenvalue weighted by Gasteiger charge is 2.37. The van der Waals surface area contributed by atoms with Crippen LogP contribution < -0.4 is 10.1 Å². The molecule has 2 aromatic rings. The second kappa shape index (κ2) is 9.97. The van der Waals surface area contributed by atoms with Gasteiger partial charge in [-0.1, -0.05) is 48.5 Å². The molecule has 1 aliphatic rings. The summed E-state index contributed by atoms with van der Waals surface area (Å²) in [6.07, 6.45) is -5.11. The Bertz CT molecular complexity index is 691. The van der Waals surface area contributed by atoms with Crippen molar-refractivity contribution in [2.75, 3.05) is 26.2 Å². The first-order chi connectivity index (χ1) is 12.5. The molecule has 1 saturated heterocycles. The van der Waals surface area contributed by atoms with Crippen LogP contribution in [0.2, 0.25) is 0 Å². The Balaban J connectivity index is 0.00000261. The lowest BCUT2D eigenvalue weighted by molar-refractivity contribution is -0.148. The number of hydrogen-bond acceptors (Lipinski definition) is 3. The predicted molar refractivity (Wildman–Crippen MR) is 102 cm³/mol. The minimum atomic E-state index is -4.23. The van der Waals surface area contributed by atoms with Gasteiger partial charge in [-0.2, -0.15) is 13.2 Å². The van der Waals surface area contributed by atoms with Gasteiger partial charge < -0.3 is 10.1 Å². The van der Waals surface area contributed by atoms with Crippen molar-refractivity contribution in [3.8, 4) is 5.75 Å². The molecule has 0 bridgehead atoms. The molecule has 0 amide bonds. The minimum Gasteiger partial charge on any atom is -0.489 e. The molecule has 1 heterocycles. The van der Waals surface area contributed by atoms with E-state index in [4.69, 9.17) is 4.74 Å². The van der Waals surface area contributed by atoms with Crippen molar-refractivity contribution in [2.24, 2.45) is 0 Å². The van der Waals surface area contributed by atoms with Gasteiger partial charge in [-0.15, -0.1) is 12.4 Å². The summed E-state index contributed by atoms with van der Waals surface area (Å²) in [7, 11) is 0. The predicted octanol–water partition coefficient (Wildman–Crippen LogP) is 4.59. The van der Waals surface area contributed by atoms with Crippen LogP contribution in [0.1, 0.15) is 23.6 Å². The van der Waals surface area contributed by atoms with Crippen molar-refractivity contribution in [1.29, 1.82) is 0 Å². The number of alkyl halides is 3. The number of nitrogens with zero attached hydrogens (tertiary/aromatic N) is 1. The average molecular weight is 401 g/mol. The molecule has 3 rings (SSSR count). The summed E-state index contributed by atoms with van der Waals surface area (Å²) in [5, 5.41) is 3.19. The number of para-hydroxylation sites is 1. The van der Waals surface area contributed by atoms with Crippen LogP contribution in [0.5, 0.6) is 5.75 Å². The molecule has 0 radical (unpaired) electrons. The Morgan fingerprint density at radius 1 is 0.963 bits per heavy atom. The van der Waals surface area contributed by atoms with Crippen molar-refractivity contribution in [3.63, 3.8) is 0 Å². The third-order valence-electron chi connectivity index (χ3n) is 4.53. The van der Waals surface area contributed by atoms with E-state index in [0.717, 1.165) is 5.56 Å². The first kappa shape index (κ1) is 21.5. The smallest absolute Gasteiger partial charge is 0.390 e. The summed E-state index contributed by atoms with van der Waals surface area (Å²) in [5.74, 6) is 0.518. The van der Waals surface area contributed by atoms with Gasteiger partial charge in [0.15, 0.2) is 0 Å². The maximum absolute atomic E-state index is 13.2. The van der Waals surface area contributed by atoms with Gasteiger partial charge >= 0.3 is 6.18 Å². The van der Waals surface area contributed by atoms with Gasteiger partial charge in [0.2, 0.25) is 0 Å². The molecule has 0 aliphatic carbocycles. The molecule has 0 spiro atoms. The Kier molecular flexibility index (Phi) is 7.95. The summed E-state index contributed by atoms with van der Waals surface area (Å²) in [5.41, 5.74) is 1.58. The maximum atomic E-state index is 13.2. The fraction of sp³-hybridized carbons (Fsp3) is 0.400. The molecule has 1 N–H and O–H groups in total. The second-order valence-electron chi connectivity index (χ2n) is 6.43.